The van der Waals surface area contributed by atoms with Gasteiger partial charge in [0.2, 0.25) is 0 Å². The number of rotatable bonds is 6. The minimum Gasteiger partial charge on any atom is -0.493 e. The van der Waals surface area contributed by atoms with E-state index >= 15 is 0 Å². The van der Waals surface area contributed by atoms with E-state index in [-0.39, 0.29) is 5.91 Å². The molecule has 158 valence electrons. The molecule has 0 aliphatic carbocycles. The number of furan rings is 1. The molecule has 0 saturated heterocycles. The summed E-state index contributed by atoms with van der Waals surface area (Å²) in [5.41, 5.74) is 3.47. The SMILES string of the molecule is COc1ccc(CN(C(=O)c2oc3cc(C)ccc3c2C)c2ccccn2)cc1OC. The fourth-order valence-electron chi connectivity index (χ4n) is 3.59. The molecule has 0 aliphatic heterocycles. The third kappa shape index (κ3) is 3.97. The molecule has 2 aromatic heterocycles. The molecule has 31 heavy (non-hydrogen) atoms. The van der Waals surface area contributed by atoms with Gasteiger partial charge in [-0.3, -0.25) is 9.69 Å². The number of ether oxygens (including phenoxy) is 2. The van der Waals surface area contributed by atoms with Crippen molar-refractivity contribution in [3.05, 3.63) is 83.2 Å². The van der Waals surface area contributed by atoms with E-state index in [1.807, 2.05) is 62.4 Å². The van der Waals surface area contributed by atoms with Crippen LogP contribution in [0.1, 0.15) is 27.2 Å². The molecule has 6 heteroatoms. The third-order valence-corrected chi connectivity index (χ3v) is 5.25. The highest BCUT2D eigenvalue weighted by Crippen LogP contribution is 2.31. The molecule has 0 fully saturated rings. The molecule has 0 atom stereocenters. The van der Waals surface area contributed by atoms with Gasteiger partial charge in [0.25, 0.3) is 5.91 Å². The molecule has 2 aromatic carbocycles. The zero-order valence-corrected chi connectivity index (χ0v) is 18.0. The molecule has 0 radical (unpaired) electrons. The molecule has 0 unspecified atom stereocenters. The molecular formula is C25H24N2O4. The second-order valence-corrected chi connectivity index (χ2v) is 7.32. The van der Waals surface area contributed by atoms with E-state index in [0.717, 1.165) is 22.1 Å². The van der Waals surface area contributed by atoms with Crippen molar-refractivity contribution in [3.63, 3.8) is 0 Å². The Hall–Kier alpha value is -3.80. The number of hydrogen-bond acceptors (Lipinski definition) is 5. The number of pyridine rings is 1. The van der Waals surface area contributed by atoms with E-state index in [9.17, 15) is 4.79 Å². The van der Waals surface area contributed by atoms with Crippen molar-refractivity contribution in [1.29, 1.82) is 0 Å². The summed E-state index contributed by atoms with van der Waals surface area (Å²) in [4.78, 5) is 19.7. The predicted octanol–water partition coefficient (Wildman–Crippen LogP) is 5.31. The zero-order valence-electron chi connectivity index (χ0n) is 18.0. The Labute approximate surface area is 181 Å². The number of methoxy groups -OCH3 is 2. The molecule has 2 heterocycles. The summed E-state index contributed by atoms with van der Waals surface area (Å²) in [5.74, 6) is 1.83. The van der Waals surface area contributed by atoms with Crippen molar-refractivity contribution < 1.29 is 18.7 Å². The van der Waals surface area contributed by atoms with Crippen molar-refractivity contribution in [2.45, 2.75) is 20.4 Å². The largest absolute Gasteiger partial charge is 0.493 e. The topological polar surface area (TPSA) is 64.8 Å². The molecule has 1 amide bonds. The average Bonchev–Trinajstić information content (AvgIpc) is 3.12. The lowest BCUT2D eigenvalue weighted by molar-refractivity contribution is 0.0959. The van der Waals surface area contributed by atoms with E-state index in [1.165, 1.54) is 0 Å². The summed E-state index contributed by atoms with van der Waals surface area (Å²) in [6.07, 6.45) is 1.67. The summed E-state index contributed by atoms with van der Waals surface area (Å²) in [6, 6.07) is 17.0. The van der Waals surface area contributed by atoms with E-state index < -0.39 is 0 Å². The summed E-state index contributed by atoms with van der Waals surface area (Å²) in [6.45, 7) is 4.20. The smallest absolute Gasteiger partial charge is 0.295 e. The maximum atomic E-state index is 13.6. The maximum absolute atomic E-state index is 13.6. The molecule has 0 saturated carbocycles. The number of fused-ring (bicyclic) bond motifs is 1. The van der Waals surface area contributed by atoms with Crippen LogP contribution in [-0.4, -0.2) is 25.1 Å². The fourth-order valence-corrected chi connectivity index (χ4v) is 3.59. The maximum Gasteiger partial charge on any atom is 0.295 e. The molecule has 4 aromatic rings. The van der Waals surface area contributed by atoms with Crippen LogP contribution < -0.4 is 14.4 Å². The number of anilines is 1. The molecule has 0 spiro atoms. The number of nitrogens with zero attached hydrogens (tertiary/aromatic N) is 2. The van der Waals surface area contributed by atoms with E-state index in [2.05, 4.69) is 4.98 Å². The van der Waals surface area contributed by atoms with Gasteiger partial charge in [-0.05, 0) is 55.3 Å². The monoisotopic (exact) mass is 416 g/mol. The van der Waals surface area contributed by atoms with Crippen LogP contribution in [0.2, 0.25) is 0 Å². The van der Waals surface area contributed by atoms with Crippen molar-refractivity contribution in [3.8, 4) is 11.5 Å². The van der Waals surface area contributed by atoms with Gasteiger partial charge in [0.1, 0.15) is 11.4 Å². The highest BCUT2D eigenvalue weighted by atomic mass is 16.5. The van der Waals surface area contributed by atoms with Crippen molar-refractivity contribution >= 4 is 22.7 Å². The summed E-state index contributed by atoms with van der Waals surface area (Å²) >= 11 is 0. The first-order chi connectivity index (χ1) is 15.0. The van der Waals surface area contributed by atoms with Crippen LogP contribution in [0, 0.1) is 13.8 Å². The standard InChI is InChI=1S/C25H24N2O4/c1-16-8-10-19-17(2)24(31-21(19)13-16)25(28)27(23-7-5-6-12-26-23)15-18-9-11-20(29-3)22(14-18)30-4/h5-14H,15H2,1-4H3. The first kappa shape index (κ1) is 20.5. The van der Waals surface area contributed by atoms with Crippen LogP contribution in [0.5, 0.6) is 11.5 Å². The Balaban J connectivity index is 1.76. The van der Waals surface area contributed by atoms with E-state index in [4.69, 9.17) is 13.9 Å². The van der Waals surface area contributed by atoms with Gasteiger partial charge in [-0.1, -0.05) is 24.3 Å². The van der Waals surface area contributed by atoms with Gasteiger partial charge in [-0.25, -0.2) is 4.98 Å². The first-order valence-corrected chi connectivity index (χ1v) is 9.95. The highest BCUT2D eigenvalue weighted by Gasteiger charge is 2.26. The van der Waals surface area contributed by atoms with Gasteiger partial charge in [0.15, 0.2) is 17.3 Å². The summed E-state index contributed by atoms with van der Waals surface area (Å²) in [5, 5.41) is 0.932. The number of hydrogen-bond donors (Lipinski definition) is 0. The molecule has 0 bridgehead atoms. The van der Waals surface area contributed by atoms with Crippen LogP contribution in [0.4, 0.5) is 5.82 Å². The Morgan fingerprint density at radius 1 is 1.00 bits per heavy atom. The molecule has 0 aliphatic rings. The minimum absolute atomic E-state index is 0.250. The third-order valence-electron chi connectivity index (χ3n) is 5.25. The lowest BCUT2D eigenvalue weighted by Gasteiger charge is -2.21. The second kappa shape index (κ2) is 8.52. The van der Waals surface area contributed by atoms with Gasteiger partial charge < -0.3 is 13.9 Å². The zero-order chi connectivity index (χ0) is 22.0. The minimum atomic E-state index is -0.250. The Morgan fingerprint density at radius 3 is 2.52 bits per heavy atom. The molecular weight excluding hydrogens is 392 g/mol. The van der Waals surface area contributed by atoms with Crippen LogP contribution in [-0.2, 0) is 6.54 Å². The van der Waals surface area contributed by atoms with Crippen molar-refractivity contribution in [1.82, 2.24) is 4.98 Å². The molecule has 0 N–H and O–H groups in total. The van der Waals surface area contributed by atoms with Crippen molar-refractivity contribution in [2.75, 3.05) is 19.1 Å². The summed E-state index contributed by atoms with van der Waals surface area (Å²) < 4.78 is 16.7. The summed E-state index contributed by atoms with van der Waals surface area (Å²) in [7, 11) is 3.18. The number of carbonyl (C=O) groups excluding carboxylic acids is 1. The quantitative estimate of drug-likeness (QED) is 0.426. The number of amides is 1. The van der Waals surface area contributed by atoms with Crippen LogP contribution in [0.3, 0.4) is 0 Å². The Morgan fingerprint density at radius 2 is 1.81 bits per heavy atom. The van der Waals surface area contributed by atoms with Gasteiger partial charge in [0.05, 0.1) is 20.8 Å². The lowest BCUT2D eigenvalue weighted by Crippen LogP contribution is -2.31. The van der Waals surface area contributed by atoms with Gasteiger partial charge >= 0.3 is 0 Å². The van der Waals surface area contributed by atoms with E-state index in [1.54, 1.807) is 31.4 Å². The average molecular weight is 416 g/mol. The van der Waals surface area contributed by atoms with Crippen LogP contribution >= 0.6 is 0 Å². The predicted molar refractivity (Wildman–Crippen MR) is 120 cm³/mol. The van der Waals surface area contributed by atoms with Gasteiger partial charge in [-0.2, -0.15) is 0 Å². The number of benzene rings is 2. The van der Waals surface area contributed by atoms with Gasteiger partial charge in [-0.15, -0.1) is 0 Å². The number of aromatic nitrogens is 1. The fraction of sp³-hybridized carbons (Fsp3) is 0.200. The van der Waals surface area contributed by atoms with Crippen LogP contribution in [0.15, 0.2) is 65.2 Å². The first-order valence-electron chi connectivity index (χ1n) is 9.95. The highest BCUT2D eigenvalue weighted by molar-refractivity contribution is 6.07. The lowest BCUT2D eigenvalue weighted by atomic mass is 10.1. The molecule has 6 nitrogen and oxygen atoms in total. The molecule has 4 rings (SSSR count). The van der Waals surface area contributed by atoms with Crippen LogP contribution in [0.25, 0.3) is 11.0 Å². The van der Waals surface area contributed by atoms with Gasteiger partial charge in [0, 0.05) is 17.1 Å². The Kier molecular flexibility index (Phi) is 5.62. The number of aryl methyl sites for hydroxylation is 2. The normalized spacial score (nSPS) is 10.8. The van der Waals surface area contributed by atoms with E-state index in [0.29, 0.717) is 35.2 Å². The number of carbonyl (C=O) groups is 1. The Bertz CT molecular complexity index is 1230. The van der Waals surface area contributed by atoms with Crippen molar-refractivity contribution in [2.24, 2.45) is 0 Å². The second-order valence-electron chi connectivity index (χ2n) is 7.32.